The van der Waals surface area contributed by atoms with Gasteiger partial charge in [-0.1, -0.05) is 0 Å². The van der Waals surface area contributed by atoms with Gasteiger partial charge in [0.25, 0.3) is 0 Å². The largest absolute Gasteiger partial charge is 0.495 e. The molecule has 15 heavy (non-hydrogen) atoms. The molecule has 0 atom stereocenters. The molecular weight excluding hydrogens is 258 g/mol. The van der Waals surface area contributed by atoms with Crippen LogP contribution in [0.25, 0.3) is 10.9 Å². The average Bonchev–Trinajstić information content (AvgIpc) is 2.64. The maximum Gasteiger partial charge on any atom is 0.135 e. The van der Waals surface area contributed by atoms with Crippen LogP contribution in [0.4, 0.5) is 0 Å². The van der Waals surface area contributed by atoms with E-state index >= 15 is 0 Å². The van der Waals surface area contributed by atoms with Crippen LogP contribution in [-0.4, -0.2) is 16.9 Å². The predicted molar refractivity (Wildman–Crippen MR) is 59.6 cm³/mol. The van der Waals surface area contributed by atoms with Gasteiger partial charge in [0.05, 0.1) is 29.4 Å². The van der Waals surface area contributed by atoms with Gasteiger partial charge >= 0.3 is 0 Å². The van der Waals surface area contributed by atoms with Gasteiger partial charge in [0.2, 0.25) is 0 Å². The Morgan fingerprint density at radius 1 is 1.60 bits per heavy atom. The molecule has 1 aromatic heterocycles. The smallest absolute Gasteiger partial charge is 0.135 e. The summed E-state index contributed by atoms with van der Waals surface area (Å²) in [5, 5.41) is 13.8. The summed E-state index contributed by atoms with van der Waals surface area (Å²) >= 11 is 3.45. The second-order valence-electron chi connectivity index (χ2n) is 2.98. The normalized spacial score (nSPS) is 10.2. The first-order valence-electron chi connectivity index (χ1n) is 4.33. The Hall–Kier alpha value is -1.54. The third-order valence-electron chi connectivity index (χ3n) is 2.15. The molecule has 0 radical (unpaired) electrons. The van der Waals surface area contributed by atoms with Crippen LogP contribution >= 0.6 is 15.9 Å². The molecule has 0 aliphatic heterocycles. The van der Waals surface area contributed by atoms with Crippen molar-refractivity contribution < 1.29 is 4.74 Å². The van der Waals surface area contributed by atoms with Crippen LogP contribution in [0.15, 0.2) is 22.8 Å². The van der Waals surface area contributed by atoms with Gasteiger partial charge in [0, 0.05) is 5.39 Å². The van der Waals surface area contributed by atoms with Gasteiger partial charge in [-0.25, -0.2) is 4.68 Å². The molecule has 4 nitrogen and oxygen atoms in total. The fourth-order valence-electron chi connectivity index (χ4n) is 1.46. The van der Waals surface area contributed by atoms with Crippen molar-refractivity contribution in [1.82, 2.24) is 9.78 Å². The molecule has 0 fully saturated rings. The lowest BCUT2D eigenvalue weighted by Gasteiger charge is -2.05. The summed E-state index contributed by atoms with van der Waals surface area (Å²) in [4.78, 5) is 0. The van der Waals surface area contributed by atoms with Crippen molar-refractivity contribution in [2.45, 2.75) is 6.54 Å². The van der Waals surface area contributed by atoms with E-state index in [1.54, 1.807) is 18.0 Å². The fourth-order valence-corrected chi connectivity index (χ4v) is 2.19. The topological polar surface area (TPSA) is 50.8 Å². The van der Waals surface area contributed by atoms with Gasteiger partial charge in [0.1, 0.15) is 12.3 Å². The maximum atomic E-state index is 8.66. The Kier molecular flexibility index (Phi) is 2.60. The molecule has 0 saturated carbocycles. The standard InChI is InChI=1S/C10H8BrN3O/c1-15-8-3-2-7-6-13-14(5-4-12)10(7)9(8)11/h2-3,6H,5H2,1H3. The second kappa shape index (κ2) is 3.91. The molecule has 0 bridgehead atoms. The third-order valence-corrected chi connectivity index (χ3v) is 2.91. The number of nitriles is 1. The van der Waals surface area contributed by atoms with E-state index in [9.17, 15) is 0 Å². The lowest BCUT2D eigenvalue weighted by Crippen LogP contribution is -1.98. The number of methoxy groups -OCH3 is 1. The van der Waals surface area contributed by atoms with E-state index in [1.165, 1.54) is 0 Å². The van der Waals surface area contributed by atoms with Crippen molar-refractivity contribution in [2.75, 3.05) is 7.11 Å². The molecule has 0 spiro atoms. The minimum Gasteiger partial charge on any atom is -0.495 e. The average molecular weight is 266 g/mol. The predicted octanol–water partition coefficient (Wildman–Crippen LogP) is 2.33. The first-order chi connectivity index (χ1) is 7.27. The fraction of sp³-hybridized carbons (Fsp3) is 0.200. The van der Waals surface area contributed by atoms with E-state index in [4.69, 9.17) is 10.00 Å². The highest BCUT2D eigenvalue weighted by Crippen LogP contribution is 2.32. The molecule has 5 heteroatoms. The molecule has 76 valence electrons. The Balaban J connectivity index is 2.71. The van der Waals surface area contributed by atoms with E-state index in [1.807, 2.05) is 12.1 Å². The van der Waals surface area contributed by atoms with Gasteiger partial charge in [-0.05, 0) is 28.1 Å². The number of ether oxygens (including phenoxy) is 1. The highest BCUT2D eigenvalue weighted by Gasteiger charge is 2.10. The third kappa shape index (κ3) is 1.57. The maximum absolute atomic E-state index is 8.66. The number of hydrogen-bond acceptors (Lipinski definition) is 3. The quantitative estimate of drug-likeness (QED) is 0.838. The number of benzene rings is 1. The van der Waals surface area contributed by atoms with Crippen molar-refractivity contribution in [2.24, 2.45) is 0 Å². The molecule has 0 saturated heterocycles. The first-order valence-corrected chi connectivity index (χ1v) is 5.12. The van der Waals surface area contributed by atoms with E-state index in [2.05, 4.69) is 27.1 Å². The monoisotopic (exact) mass is 265 g/mol. The van der Waals surface area contributed by atoms with E-state index in [0.717, 1.165) is 21.1 Å². The van der Waals surface area contributed by atoms with E-state index < -0.39 is 0 Å². The molecule has 0 aliphatic carbocycles. The molecule has 1 heterocycles. The number of hydrogen-bond donors (Lipinski definition) is 0. The van der Waals surface area contributed by atoms with Crippen LogP contribution in [0.3, 0.4) is 0 Å². The summed E-state index contributed by atoms with van der Waals surface area (Å²) in [5.74, 6) is 0.738. The molecule has 1 aromatic carbocycles. The van der Waals surface area contributed by atoms with Crippen LogP contribution in [0.5, 0.6) is 5.75 Å². The summed E-state index contributed by atoms with van der Waals surface area (Å²) in [6.45, 7) is 0.231. The van der Waals surface area contributed by atoms with Crippen molar-refractivity contribution in [3.63, 3.8) is 0 Å². The molecule has 2 aromatic rings. The molecule has 0 amide bonds. The lowest BCUT2D eigenvalue weighted by atomic mass is 10.2. The minimum absolute atomic E-state index is 0.231. The van der Waals surface area contributed by atoms with Crippen molar-refractivity contribution in [3.05, 3.63) is 22.8 Å². The van der Waals surface area contributed by atoms with Crippen molar-refractivity contribution >= 4 is 26.8 Å². The molecule has 0 aliphatic rings. The Morgan fingerprint density at radius 3 is 3.07 bits per heavy atom. The Morgan fingerprint density at radius 2 is 2.40 bits per heavy atom. The zero-order chi connectivity index (χ0) is 10.8. The molecule has 0 unspecified atom stereocenters. The highest BCUT2D eigenvalue weighted by atomic mass is 79.9. The van der Waals surface area contributed by atoms with Gasteiger partial charge in [-0.3, -0.25) is 0 Å². The first kappa shape index (κ1) is 9.99. The Bertz CT molecular complexity index is 541. The van der Waals surface area contributed by atoms with Gasteiger partial charge in [-0.2, -0.15) is 10.4 Å². The minimum atomic E-state index is 0.231. The molecule has 0 N–H and O–H groups in total. The summed E-state index contributed by atoms with van der Waals surface area (Å²) in [6, 6.07) is 5.85. The zero-order valence-corrected chi connectivity index (χ0v) is 9.65. The van der Waals surface area contributed by atoms with Gasteiger partial charge in [-0.15, -0.1) is 0 Å². The second-order valence-corrected chi connectivity index (χ2v) is 3.77. The van der Waals surface area contributed by atoms with Crippen LogP contribution in [0, 0.1) is 11.3 Å². The number of rotatable bonds is 2. The van der Waals surface area contributed by atoms with Crippen molar-refractivity contribution in [3.8, 4) is 11.8 Å². The number of aromatic nitrogens is 2. The summed E-state index contributed by atoms with van der Waals surface area (Å²) in [5.41, 5.74) is 0.885. The van der Waals surface area contributed by atoms with Crippen LogP contribution in [0.1, 0.15) is 0 Å². The van der Waals surface area contributed by atoms with Crippen LogP contribution in [-0.2, 0) is 6.54 Å². The molecular formula is C10H8BrN3O. The van der Waals surface area contributed by atoms with E-state index in [0.29, 0.717) is 0 Å². The Labute approximate surface area is 95.2 Å². The summed E-state index contributed by atoms with van der Waals surface area (Å²) in [6.07, 6.45) is 1.73. The zero-order valence-electron chi connectivity index (χ0n) is 8.07. The summed E-state index contributed by atoms with van der Waals surface area (Å²) in [7, 11) is 1.61. The SMILES string of the molecule is COc1ccc2cnn(CC#N)c2c1Br. The number of fused-ring (bicyclic) bond motifs is 1. The number of halogens is 1. The van der Waals surface area contributed by atoms with Crippen LogP contribution in [0.2, 0.25) is 0 Å². The lowest BCUT2D eigenvalue weighted by molar-refractivity contribution is 0.412. The molecule has 2 rings (SSSR count). The highest BCUT2D eigenvalue weighted by molar-refractivity contribution is 9.10. The van der Waals surface area contributed by atoms with E-state index in [-0.39, 0.29) is 6.54 Å². The number of nitrogens with zero attached hydrogens (tertiary/aromatic N) is 3. The van der Waals surface area contributed by atoms with Crippen LogP contribution < -0.4 is 4.74 Å². The van der Waals surface area contributed by atoms with Gasteiger partial charge in [0.15, 0.2) is 0 Å². The summed E-state index contributed by atoms with van der Waals surface area (Å²) < 4.78 is 7.65. The van der Waals surface area contributed by atoms with Gasteiger partial charge < -0.3 is 4.74 Å². The van der Waals surface area contributed by atoms with Crippen molar-refractivity contribution in [1.29, 1.82) is 5.26 Å².